The Hall–Kier alpha value is -0.320. The molecule has 0 radical (unpaired) electrons. The average molecular weight is 284 g/mol. The number of alkyl halides is 1. The first-order valence-corrected chi connectivity index (χ1v) is 5.04. The molecule has 2 nitrogen and oxygen atoms in total. The summed E-state index contributed by atoms with van der Waals surface area (Å²) in [5.41, 5.74) is 0.342. The summed E-state index contributed by atoms with van der Waals surface area (Å²) in [6.07, 6.45) is -1.21. The van der Waals surface area contributed by atoms with E-state index in [1.165, 1.54) is 13.2 Å². The third-order valence-electron chi connectivity index (χ3n) is 1.75. The number of aliphatic hydroxyl groups excluding tert-OH is 1. The van der Waals surface area contributed by atoms with Crippen LogP contribution in [-0.2, 0) is 0 Å². The second kappa shape index (κ2) is 4.96. The topological polar surface area (TPSA) is 29.5 Å². The molecule has 78 valence electrons. The van der Waals surface area contributed by atoms with Gasteiger partial charge >= 0.3 is 0 Å². The molecule has 0 bridgehead atoms. The molecule has 14 heavy (non-hydrogen) atoms. The molecule has 5 heteroatoms. The van der Waals surface area contributed by atoms with Gasteiger partial charge in [0.15, 0.2) is 0 Å². The normalized spacial score (nSPS) is 12.6. The number of halogens is 3. The predicted octanol–water partition coefficient (Wildman–Crippen LogP) is 3.11. The monoisotopic (exact) mass is 282 g/mol. The van der Waals surface area contributed by atoms with Crippen LogP contribution in [0.1, 0.15) is 11.7 Å². The fourth-order valence-corrected chi connectivity index (χ4v) is 2.12. The maximum Gasteiger partial charge on any atom is 0.139 e. The zero-order valence-corrected chi connectivity index (χ0v) is 9.77. The van der Waals surface area contributed by atoms with Crippen LogP contribution in [-0.4, -0.2) is 18.9 Å². The molecule has 1 rings (SSSR count). The summed E-state index contributed by atoms with van der Waals surface area (Å²) in [7, 11) is 1.45. The van der Waals surface area contributed by atoms with Gasteiger partial charge in [-0.3, -0.25) is 0 Å². The molecule has 0 aliphatic heterocycles. The van der Waals surface area contributed by atoms with E-state index in [-0.39, 0.29) is 0 Å². The largest absolute Gasteiger partial charge is 0.495 e. The van der Waals surface area contributed by atoms with E-state index in [2.05, 4.69) is 15.9 Å². The van der Waals surface area contributed by atoms with Crippen molar-refractivity contribution in [3.63, 3.8) is 0 Å². The number of aliphatic hydroxyl groups is 1. The summed E-state index contributed by atoms with van der Waals surface area (Å²) in [6.45, 7) is -0.872. The molecule has 0 aliphatic rings. The Bertz CT molecular complexity index is 333. The lowest BCUT2D eigenvalue weighted by Crippen LogP contribution is -2.02. The molecule has 1 unspecified atom stereocenters. The molecular weight excluding hydrogens is 274 g/mol. The van der Waals surface area contributed by atoms with Crippen molar-refractivity contribution in [1.82, 2.24) is 0 Å². The third kappa shape index (κ3) is 2.38. The van der Waals surface area contributed by atoms with E-state index in [0.29, 0.717) is 20.8 Å². The fourth-order valence-electron chi connectivity index (χ4n) is 1.13. The van der Waals surface area contributed by atoms with Crippen molar-refractivity contribution < 1.29 is 14.2 Å². The van der Waals surface area contributed by atoms with E-state index in [0.717, 1.165) is 0 Å². The lowest BCUT2D eigenvalue weighted by molar-refractivity contribution is 0.138. The van der Waals surface area contributed by atoms with Crippen LogP contribution in [0.15, 0.2) is 16.6 Å². The Balaban J connectivity index is 3.24. The molecule has 0 aliphatic carbocycles. The van der Waals surface area contributed by atoms with Crippen LogP contribution in [0.25, 0.3) is 0 Å². The summed E-state index contributed by atoms with van der Waals surface area (Å²) in [5, 5.41) is 9.77. The molecule has 0 heterocycles. The van der Waals surface area contributed by atoms with Gasteiger partial charge in [-0.15, -0.1) is 0 Å². The second-order valence-corrected chi connectivity index (χ2v) is 3.97. The van der Waals surface area contributed by atoms with Gasteiger partial charge in [0.2, 0.25) is 0 Å². The highest BCUT2D eigenvalue weighted by molar-refractivity contribution is 9.10. The molecule has 1 aromatic carbocycles. The molecule has 0 saturated carbocycles. The lowest BCUT2D eigenvalue weighted by atomic mass is 10.1. The highest BCUT2D eigenvalue weighted by Crippen LogP contribution is 2.35. The van der Waals surface area contributed by atoms with Gasteiger partial charge in [0.25, 0.3) is 0 Å². The number of hydrogen-bond acceptors (Lipinski definition) is 2. The number of hydrogen-bond donors (Lipinski definition) is 1. The minimum Gasteiger partial charge on any atom is -0.495 e. The average Bonchev–Trinajstić information content (AvgIpc) is 2.15. The molecule has 1 aromatic rings. The Kier molecular flexibility index (Phi) is 4.16. The molecule has 0 aromatic heterocycles. The van der Waals surface area contributed by atoms with E-state index < -0.39 is 12.8 Å². The van der Waals surface area contributed by atoms with Crippen LogP contribution >= 0.6 is 27.5 Å². The van der Waals surface area contributed by atoms with Crippen LogP contribution in [0.3, 0.4) is 0 Å². The molecule has 0 amide bonds. The Morgan fingerprint density at radius 1 is 1.64 bits per heavy atom. The van der Waals surface area contributed by atoms with Crippen molar-refractivity contribution in [2.45, 2.75) is 6.10 Å². The zero-order valence-electron chi connectivity index (χ0n) is 7.43. The van der Waals surface area contributed by atoms with Gasteiger partial charge < -0.3 is 9.84 Å². The van der Waals surface area contributed by atoms with E-state index in [9.17, 15) is 9.50 Å². The summed E-state index contributed by atoms with van der Waals surface area (Å²) < 4.78 is 17.9. The van der Waals surface area contributed by atoms with Crippen LogP contribution in [0, 0.1) is 0 Å². The number of benzene rings is 1. The van der Waals surface area contributed by atoms with Gasteiger partial charge in [-0.2, -0.15) is 0 Å². The molecular formula is C9H9BrClFO2. The predicted molar refractivity (Wildman–Crippen MR) is 56.6 cm³/mol. The van der Waals surface area contributed by atoms with Crippen molar-refractivity contribution in [3.8, 4) is 5.75 Å². The van der Waals surface area contributed by atoms with Gasteiger partial charge in [0.1, 0.15) is 18.5 Å². The summed E-state index contributed by atoms with van der Waals surface area (Å²) in [5.74, 6) is 0.402. The van der Waals surface area contributed by atoms with Crippen LogP contribution in [0.4, 0.5) is 4.39 Å². The molecule has 0 fully saturated rings. The maximum atomic E-state index is 12.3. The zero-order chi connectivity index (χ0) is 10.7. The number of ether oxygens (including phenoxy) is 1. The SMILES string of the molecule is COc1c(Br)cc(Cl)cc1C(O)CF. The van der Waals surface area contributed by atoms with Crippen molar-refractivity contribution in [3.05, 3.63) is 27.2 Å². The van der Waals surface area contributed by atoms with Crippen molar-refractivity contribution in [2.24, 2.45) is 0 Å². The van der Waals surface area contributed by atoms with E-state index >= 15 is 0 Å². The Labute approximate surface area is 94.8 Å². The highest BCUT2D eigenvalue weighted by Gasteiger charge is 2.16. The van der Waals surface area contributed by atoms with Crippen LogP contribution in [0.5, 0.6) is 5.75 Å². The minimum absolute atomic E-state index is 0.342. The number of rotatable bonds is 3. The quantitative estimate of drug-likeness (QED) is 0.923. The molecule has 0 spiro atoms. The minimum atomic E-state index is -1.21. The molecule has 1 atom stereocenters. The smallest absolute Gasteiger partial charge is 0.139 e. The van der Waals surface area contributed by atoms with E-state index in [1.54, 1.807) is 6.07 Å². The van der Waals surface area contributed by atoms with Crippen molar-refractivity contribution in [1.29, 1.82) is 0 Å². The van der Waals surface area contributed by atoms with Gasteiger partial charge in [-0.05, 0) is 28.1 Å². The standard InChI is InChI=1S/C9H9BrClFO2/c1-14-9-6(8(13)4-12)2-5(11)3-7(9)10/h2-3,8,13H,4H2,1H3. The van der Waals surface area contributed by atoms with Gasteiger partial charge in [-0.1, -0.05) is 11.6 Å². The summed E-state index contributed by atoms with van der Waals surface area (Å²) >= 11 is 8.97. The first-order chi connectivity index (χ1) is 6.60. The van der Waals surface area contributed by atoms with Gasteiger partial charge in [-0.25, -0.2) is 4.39 Å². The maximum absolute atomic E-state index is 12.3. The number of methoxy groups -OCH3 is 1. The second-order valence-electron chi connectivity index (χ2n) is 2.68. The molecule has 1 N–H and O–H groups in total. The Morgan fingerprint density at radius 3 is 2.79 bits per heavy atom. The van der Waals surface area contributed by atoms with Crippen molar-refractivity contribution in [2.75, 3.05) is 13.8 Å². The van der Waals surface area contributed by atoms with Crippen LogP contribution < -0.4 is 4.74 Å². The van der Waals surface area contributed by atoms with E-state index in [1.807, 2.05) is 0 Å². The summed E-state index contributed by atoms with van der Waals surface area (Å²) in [4.78, 5) is 0. The lowest BCUT2D eigenvalue weighted by Gasteiger charge is -2.13. The fraction of sp³-hybridized carbons (Fsp3) is 0.333. The van der Waals surface area contributed by atoms with Gasteiger partial charge in [0.05, 0.1) is 11.6 Å². The third-order valence-corrected chi connectivity index (χ3v) is 2.55. The summed E-state index contributed by atoms with van der Waals surface area (Å²) in [6, 6.07) is 3.10. The van der Waals surface area contributed by atoms with Crippen LogP contribution in [0.2, 0.25) is 5.02 Å². The van der Waals surface area contributed by atoms with Crippen molar-refractivity contribution >= 4 is 27.5 Å². The highest BCUT2D eigenvalue weighted by atomic mass is 79.9. The van der Waals surface area contributed by atoms with E-state index in [4.69, 9.17) is 16.3 Å². The first-order valence-electron chi connectivity index (χ1n) is 3.87. The Morgan fingerprint density at radius 2 is 2.29 bits per heavy atom. The first kappa shape index (κ1) is 11.8. The molecule has 0 saturated heterocycles. The van der Waals surface area contributed by atoms with Gasteiger partial charge in [0, 0.05) is 10.6 Å².